The summed E-state index contributed by atoms with van der Waals surface area (Å²) in [5, 5.41) is 7.23. The molecule has 144 valence electrons. The Bertz CT molecular complexity index is 1020. The lowest BCUT2D eigenvalue weighted by Crippen LogP contribution is -2.28. The molecule has 3 rings (SSSR count). The highest BCUT2D eigenvalue weighted by atomic mass is 79.9. The molecule has 0 atom stereocenters. The third kappa shape index (κ3) is 5.07. The van der Waals surface area contributed by atoms with Crippen LogP contribution in [-0.4, -0.2) is 22.8 Å². The molecule has 1 amide bonds. The van der Waals surface area contributed by atoms with E-state index in [1.807, 2.05) is 48.5 Å². The second-order valence-corrected chi connectivity index (χ2v) is 7.04. The fourth-order valence-corrected chi connectivity index (χ4v) is 2.99. The standard InChI is InChI=1S/C21H20BrN3O3/c1-28-19-5-3-2-4-16(19)14-23-20(26)12-13-25-21(27)11-10-18(24-25)15-6-8-17(22)9-7-15/h2-11H,12-14H2,1H3,(H,23,26). The van der Waals surface area contributed by atoms with Crippen molar-refractivity contribution in [3.8, 4) is 17.0 Å². The predicted octanol–water partition coefficient (Wildman–Crippen LogP) is 3.39. The summed E-state index contributed by atoms with van der Waals surface area (Å²) in [7, 11) is 1.59. The van der Waals surface area contributed by atoms with Gasteiger partial charge in [0.05, 0.1) is 19.3 Å². The van der Waals surface area contributed by atoms with Crippen molar-refractivity contribution in [3.63, 3.8) is 0 Å². The number of carbonyl (C=O) groups excluding carboxylic acids is 1. The zero-order valence-electron chi connectivity index (χ0n) is 15.4. The van der Waals surface area contributed by atoms with Gasteiger partial charge >= 0.3 is 0 Å². The van der Waals surface area contributed by atoms with Crippen molar-refractivity contribution in [1.29, 1.82) is 0 Å². The number of ether oxygens (including phenoxy) is 1. The molecule has 0 aliphatic carbocycles. The molecule has 28 heavy (non-hydrogen) atoms. The molecule has 7 heteroatoms. The number of methoxy groups -OCH3 is 1. The molecule has 0 saturated carbocycles. The van der Waals surface area contributed by atoms with Crippen LogP contribution < -0.4 is 15.6 Å². The number of amides is 1. The fourth-order valence-electron chi connectivity index (χ4n) is 2.72. The van der Waals surface area contributed by atoms with Gasteiger partial charge in [0.15, 0.2) is 0 Å². The molecule has 0 saturated heterocycles. The summed E-state index contributed by atoms with van der Waals surface area (Å²) in [5.74, 6) is 0.566. The summed E-state index contributed by atoms with van der Waals surface area (Å²) in [4.78, 5) is 24.3. The molecular formula is C21H20BrN3O3. The Labute approximate surface area is 171 Å². The van der Waals surface area contributed by atoms with E-state index in [1.54, 1.807) is 13.2 Å². The number of rotatable bonds is 7. The van der Waals surface area contributed by atoms with Crippen LogP contribution in [0.3, 0.4) is 0 Å². The van der Waals surface area contributed by atoms with Gasteiger partial charge in [0.25, 0.3) is 5.56 Å². The highest BCUT2D eigenvalue weighted by molar-refractivity contribution is 9.10. The largest absolute Gasteiger partial charge is 0.496 e. The van der Waals surface area contributed by atoms with Crippen molar-refractivity contribution in [3.05, 3.63) is 81.1 Å². The maximum atomic E-state index is 12.2. The maximum absolute atomic E-state index is 12.2. The second-order valence-electron chi connectivity index (χ2n) is 6.13. The molecule has 1 N–H and O–H groups in total. The first-order valence-corrected chi connectivity index (χ1v) is 9.59. The molecule has 0 unspecified atom stereocenters. The van der Waals surface area contributed by atoms with E-state index in [9.17, 15) is 9.59 Å². The lowest BCUT2D eigenvalue weighted by molar-refractivity contribution is -0.121. The molecular weight excluding hydrogens is 422 g/mol. The molecule has 0 spiro atoms. The first-order chi connectivity index (χ1) is 13.6. The van der Waals surface area contributed by atoms with Crippen molar-refractivity contribution in [2.24, 2.45) is 0 Å². The number of aryl methyl sites for hydroxylation is 1. The minimum atomic E-state index is -0.238. The molecule has 0 aliphatic heterocycles. The van der Waals surface area contributed by atoms with E-state index in [4.69, 9.17) is 4.74 Å². The van der Waals surface area contributed by atoms with Gasteiger partial charge in [-0.15, -0.1) is 0 Å². The number of nitrogens with zero attached hydrogens (tertiary/aromatic N) is 2. The van der Waals surface area contributed by atoms with Crippen LogP contribution in [0.1, 0.15) is 12.0 Å². The Kier molecular flexibility index (Phi) is 6.60. The molecule has 0 aliphatic rings. The first kappa shape index (κ1) is 19.8. The van der Waals surface area contributed by atoms with E-state index in [2.05, 4.69) is 26.3 Å². The third-order valence-electron chi connectivity index (χ3n) is 4.23. The van der Waals surface area contributed by atoms with Crippen LogP contribution in [0.4, 0.5) is 0 Å². The third-order valence-corrected chi connectivity index (χ3v) is 4.75. The molecule has 1 heterocycles. The number of hydrogen-bond acceptors (Lipinski definition) is 4. The quantitative estimate of drug-likeness (QED) is 0.609. The predicted molar refractivity (Wildman–Crippen MR) is 111 cm³/mol. The van der Waals surface area contributed by atoms with E-state index in [-0.39, 0.29) is 24.4 Å². The molecule has 0 radical (unpaired) electrons. The topological polar surface area (TPSA) is 73.2 Å². The average Bonchev–Trinajstić information content (AvgIpc) is 2.72. The van der Waals surface area contributed by atoms with Crippen LogP contribution in [0.2, 0.25) is 0 Å². The normalized spacial score (nSPS) is 10.5. The SMILES string of the molecule is COc1ccccc1CNC(=O)CCn1nc(-c2ccc(Br)cc2)ccc1=O. The highest BCUT2D eigenvalue weighted by Crippen LogP contribution is 2.19. The van der Waals surface area contributed by atoms with E-state index < -0.39 is 0 Å². The minimum Gasteiger partial charge on any atom is -0.496 e. The van der Waals surface area contributed by atoms with Gasteiger partial charge in [-0.25, -0.2) is 4.68 Å². The molecule has 1 aromatic heterocycles. The summed E-state index contributed by atoms with van der Waals surface area (Å²) in [6, 6.07) is 18.3. The average molecular weight is 442 g/mol. The van der Waals surface area contributed by atoms with Crippen molar-refractivity contribution < 1.29 is 9.53 Å². The Hall–Kier alpha value is -2.93. The zero-order valence-corrected chi connectivity index (χ0v) is 17.0. The highest BCUT2D eigenvalue weighted by Gasteiger charge is 2.08. The van der Waals surface area contributed by atoms with E-state index in [0.29, 0.717) is 12.2 Å². The Morgan fingerprint density at radius 1 is 1.11 bits per heavy atom. The Morgan fingerprint density at radius 3 is 2.61 bits per heavy atom. The number of para-hydroxylation sites is 1. The van der Waals surface area contributed by atoms with Gasteiger partial charge in [-0.05, 0) is 24.3 Å². The maximum Gasteiger partial charge on any atom is 0.266 e. The van der Waals surface area contributed by atoms with Crippen LogP contribution in [0.15, 0.2) is 69.9 Å². The van der Waals surface area contributed by atoms with Crippen LogP contribution in [-0.2, 0) is 17.9 Å². The van der Waals surface area contributed by atoms with Crippen LogP contribution in [0.5, 0.6) is 5.75 Å². The van der Waals surface area contributed by atoms with Gasteiger partial charge < -0.3 is 10.1 Å². The number of hydrogen-bond donors (Lipinski definition) is 1. The van der Waals surface area contributed by atoms with Crippen molar-refractivity contribution in [2.75, 3.05) is 7.11 Å². The summed E-state index contributed by atoms with van der Waals surface area (Å²) in [6.45, 7) is 0.574. The number of aromatic nitrogens is 2. The zero-order chi connectivity index (χ0) is 19.9. The van der Waals surface area contributed by atoms with Crippen LogP contribution in [0, 0.1) is 0 Å². The van der Waals surface area contributed by atoms with Gasteiger partial charge in [0.2, 0.25) is 5.91 Å². The Morgan fingerprint density at radius 2 is 1.86 bits per heavy atom. The molecule has 3 aromatic rings. The van der Waals surface area contributed by atoms with E-state index >= 15 is 0 Å². The van der Waals surface area contributed by atoms with Crippen LogP contribution >= 0.6 is 15.9 Å². The van der Waals surface area contributed by atoms with Gasteiger partial charge in [-0.1, -0.05) is 46.3 Å². The molecule has 0 fully saturated rings. The summed E-state index contributed by atoms with van der Waals surface area (Å²) < 4.78 is 7.56. The van der Waals surface area contributed by atoms with Crippen LogP contribution in [0.25, 0.3) is 11.3 Å². The van der Waals surface area contributed by atoms with Gasteiger partial charge in [0, 0.05) is 34.6 Å². The monoisotopic (exact) mass is 441 g/mol. The van der Waals surface area contributed by atoms with Crippen molar-refractivity contribution in [1.82, 2.24) is 15.1 Å². The second kappa shape index (κ2) is 9.32. The van der Waals surface area contributed by atoms with Crippen molar-refractivity contribution >= 4 is 21.8 Å². The van der Waals surface area contributed by atoms with E-state index in [0.717, 1.165) is 21.3 Å². The van der Waals surface area contributed by atoms with Gasteiger partial charge in [-0.3, -0.25) is 9.59 Å². The van der Waals surface area contributed by atoms with Crippen molar-refractivity contribution in [2.45, 2.75) is 19.5 Å². The van der Waals surface area contributed by atoms with Gasteiger partial charge in [0.1, 0.15) is 5.75 Å². The molecule has 2 aromatic carbocycles. The number of nitrogens with one attached hydrogen (secondary N) is 1. The number of halogens is 1. The minimum absolute atomic E-state index is 0.159. The first-order valence-electron chi connectivity index (χ1n) is 8.79. The fraction of sp³-hybridized carbons (Fsp3) is 0.190. The number of benzene rings is 2. The molecule has 6 nitrogen and oxygen atoms in total. The van der Waals surface area contributed by atoms with E-state index in [1.165, 1.54) is 10.7 Å². The molecule has 0 bridgehead atoms. The van der Waals surface area contributed by atoms with Gasteiger partial charge in [-0.2, -0.15) is 5.10 Å². The number of carbonyl (C=O) groups is 1. The lowest BCUT2D eigenvalue weighted by Gasteiger charge is -2.10. The smallest absolute Gasteiger partial charge is 0.266 e. The summed E-state index contributed by atoms with van der Waals surface area (Å²) >= 11 is 3.40. The summed E-state index contributed by atoms with van der Waals surface area (Å²) in [6.07, 6.45) is 0.159. The summed E-state index contributed by atoms with van der Waals surface area (Å²) in [5.41, 5.74) is 2.24. The Balaban J connectivity index is 1.62. The lowest BCUT2D eigenvalue weighted by atomic mass is 10.1.